The van der Waals surface area contributed by atoms with Gasteiger partial charge < -0.3 is 10.0 Å². The molecule has 4 nitrogen and oxygen atoms in total. The normalized spacial score (nSPS) is 21.4. The second kappa shape index (κ2) is 4.60. The van der Waals surface area contributed by atoms with Crippen molar-refractivity contribution in [1.29, 1.82) is 0 Å². The summed E-state index contributed by atoms with van der Waals surface area (Å²) in [5, 5.41) is 8.73. The van der Waals surface area contributed by atoms with Crippen LogP contribution in [0.3, 0.4) is 0 Å². The van der Waals surface area contributed by atoms with Crippen LogP contribution in [0, 0.1) is 5.92 Å². The van der Waals surface area contributed by atoms with E-state index in [9.17, 15) is 18.4 Å². The molecule has 1 aromatic rings. The van der Waals surface area contributed by atoms with Crippen molar-refractivity contribution in [2.24, 2.45) is 5.92 Å². The van der Waals surface area contributed by atoms with Crippen molar-refractivity contribution in [1.82, 2.24) is 4.90 Å². The van der Waals surface area contributed by atoms with Gasteiger partial charge in [-0.3, -0.25) is 4.79 Å². The van der Waals surface area contributed by atoms with E-state index in [1.807, 2.05) is 0 Å². The van der Waals surface area contributed by atoms with E-state index in [0.717, 1.165) is 4.90 Å². The summed E-state index contributed by atoms with van der Waals surface area (Å²) in [6.07, 6.45) is 0. The third-order valence-corrected chi connectivity index (χ3v) is 3.28. The number of carbonyl (C=O) groups is 2. The number of carboxylic acids is 1. The van der Waals surface area contributed by atoms with Crippen LogP contribution in [0.25, 0.3) is 0 Å². The van der Waals surface area contributed by atoms with Crippen molar-refractivity contribution < 1.29 is 23.5 Å². The standard InChI is InChI=1S/C13H13F2NO3/c1-8-6-16(7-13(8,14)15)11(17)9-2-4-10(5-3-9)12(18)19/h2-5,8H,6-7H2,1H3,(H,18,19). The average Bonchev–Trinajstić information content (AvgIpc) is 2.63. The Balaban J connectivity index is 2.15. The van der Waals surface area contributed by atoms with Gasteiger partial charge in [0.15, 0.2) is 0 Å². The summed E-state index contributed by atoms with van der Waals surface area (Å²) < 4.78 is 26.7. The topological polar surface area (TPSA) is 57.6 Å². The highest BCUT2D eigenvalue weighted by atomic mass is 19.3. The van der Waals surface area contributed by atoms with Crippen molar-refractivity contribution in [3.63, 3.8) is 0 Å². The predicted octanol–water partition coefficient (Wildman–Crippen LogP) is 2.11. The fourth-order valence-corrected chi connectivity index (χ4v) is 2.03. The van der Waals surface area contributed by atoms with Crippen molar-refractivity contribution in [2.45, 2.75) is 12.8 Å². The molecule has 1 aliphatic heterocycles. The van der Waals surface area contributed by atoms with Crippen molar-refractivity contribution in [2.75, 3.05) is 13.1 Å². The summed E-state index contributed by atoms with van der Waals surface area (Å²) in [4.78, 5) is 23.8. The number of amides is 1. The SMILES string of the molecule is CC1CN(C(=O)c2ccc(C(=O)O)cc2)CC1(F)F. The highest BCUT2D eigenvalue weighted by Gasteiger charge is 2.46. The molecule has 0 bridgehead atoms. The maximum Gasteiger partial charge on any atom is 0.335 e. The zero-order chi connectivity index (χ0) is 14.2. The molecule has 1 saturated heterocycles. The van der Waals surface area contributed by atoms with Gasteiger partial charge in [-0.05, 0) is 24.3 Å². The molecule has 0 saturated carbocycles. The number of halogens is 2. The van der Waals surface area contributed by atoms with Crippen LogP contribution >= 0.6 is 0 Å². The minimum Gasteiger partial charge on any atom is -0.478 e. The van der Waals surface area contributed by atoms with Crippen LogP contribution in [0.15, 0.2) is 24.3 Å². The fourth-order valence-electron chi connectivity index (χ4n) is 2.03. The first kappa shape index (κ1) is 13.5. The number of carboxylic acid groups (broad SMARTS) is 1. The van der Waals surface area contributed by atoms with E-state index in [2.05, 4.69) is 0 Å². The molecule has 6 heteroatoms. The van der Waals surface area contributed by atoms with Crippen molar-refractivity contribution >= 4 is 11.9 Å². The van der Waals surface area contributed by atoms with Gasteiger partial charge in [-0.25, -0.2) is 13.6 Å². The number of likely N-dealkylation sites (tertiary alicyclic amines) is 1. The quantitative estimate of drug-likeness (QED) is 0.894. The highest BCUT2D eigenvalue weighted by molar-refractivity contribution is 5.96. The molecule has 19 heavy (non-hydrogen) atoms. The van der Waals surface area contributed by atoms with E-state index in [1.165, 1.54) is 31.2 Å². The molecule has 1 heterocycles. The molecule has 1 amide bonds. The van der Waals surface area contributed by atoms with Crippen LogP contribution in [0.1, 0.15) is 27.6 Å². The van der Waals surface area contributed by atoms with Gasteiger partial charge in [0.2, 0.25) is 0 Å². The molecule has 102 valence electrons. The predicted molar refractivity (Wildman–Crippen MR) is 63.4 cm³/mol. The molecule has 0 aromatic heterocycles. The molecule has 1 aromatic carbocycles. The molecule has 0 radical (unpaired) electrons. The van der Waals surface area contributed by atoms with Crippen LogP contribution < -0.4 is 0 Å². The molecule has 0 aliphatic carbocycles. The van der Waals surface area contributed by atoms with E-state index in [0.29, 0.717) is 0 Å². The van der Waals surface area contributed by atoms with Crippen molar-refractivity contribution in [3.05, 3.63) is 35.4 Å². The van der Waals surface area contributed by atoms with Crippen LogP contribution in [0.2, 0.25) is 0 Å². The average molecular weight is 269 g/mol. The minimum atomic E-state index is -2.86. The molecular weight excluding hydrogens is 256 g/mol. The third-order valence-electron chi connectivity index (χ3n) is 3.28. The van der Waals surface area contributed by atoms with Gasteiger partial charge in [0.25, 0.3) is 11.8 Å². The molecular formula is C13H13F2NO3. The summed E-state index contributed by atoms with van der Waals surface area (Å²) in [6, 6.07) is 5.25. The number of alkyl halides is 2. The Morgan fingerprint density at radius 1 is 1.26 bits per heavy atom. The molecule has 1 unspecified atom stereocenters. The Bertz CT molecular complexity index is 513. The largest absolute Gasteiger partial charge is 0.478 e. The van der Waals surface area contributed by atoms with E-state index in [-0.39, 0.29) is 17.7 Å². The number of hydrogen-bond acceptors (Lipinski definition) is 2. The molecule has 2 rings (SSSR count). The Morgan fingerprint density at radius 2 is 1.79 bits per heavy atom. The van der Waals surface area contributed by atoms with Gasteiger partial charge in [0, 0.05) is 18.0 Å². The smallest absolute Gasteiger partial charge is 0.335 e. The monoisotopic (exact) mass is 269 g/mol. The summed E-state index contributed by atoms with van der Waals surface area (Å²) in [6.45, 7) is 0.820. The third kappa shape index (κ3) is 2.57. The van der Waals surface area contributed by atoms with Gasteiger partial charge in [-0.15, -0.1) is 0 Å². The molecule has 1 N–H and O–H groups in total. The van der Waals surface area contributed by atoms with Crippen LogP contribution in [-0.2, 0) is 0 Å². The van der Waals surface area contributed by atoms with Crippen LogP contribution in [0.5, 0.6) is 0 Å². The van der Waals surface area contributed by atoms with Gasteiger partial charge in [-0.1, -0.05) is 6.92 Å². The number of carbonyl (C=O) groups excluding carboxylic acids is 1. The van der Waals surface area contributed by atoms with Gasteiger partial charge in [0.05, 0.1) is 12.1 Å². The maximum atomic E-state index is 13.4. The van der Waals surface area contributed by atoms with Crippen LogP contribution in [0.4, 0.5) is 8.78 Å². The first-order valence-corrected chi connectivity index (χ1v) is 5.82. The summed E-state index contributed by atoms with van der Waals surface area (Å²) in [5.41, 5.74) is 0.270. The lowest BCUT2D eigenvalue weighted by atomic mass is 10.1. The Hall–Kier alpha value is -1.98. The van der Waals surface area contributed by atoms with Crippen molar-refractivity contribution in [3.8, 4) is 0 Å². The molecule has 1 aliphatic rings. The number of nitrogens with zero attached hydrogens (tertiary/aromatic N) is 1. The Morgan fingerprint density at radius 3 is 2.21 bits per heavy atom. The number of benzene rings is 1. The summed E-state index contributed by atoms with van der Waals surface area (Å²) >= 11 is 0. The zero-order valence-corrected chi connectivity index (χ0v) is 10.3. The van der Waals surface area contributed by atoms with Gasteiger partial charge >= 0.3 is 5.97 Å². The fraction of sp³-hybridized carbons (Fsp3) is 0.385. The lowest BCUT2D eigenvalue weighted by Gasteiger charge is -2.15. The highest BCUT2D eigenvalue weighted by Crippen LogP contribution is 2.33. The molecule has 0 spiro atoms. The van der Waals surface area contributed by atoms with E-state index < -0.39 is 30.3 Å². The van der Waals surface area contributed by atoms with E-state index in [1.54, 1.807) is 0 Å². The second-order valence-electron chi connectivity index (χ2n) is 4.73. The molecule has 1 fully saturated rings. The lowest BCUT2D eigenvalue weighted by molar-refractivity contribution is -0.0202. The zero-order valence-electron chi connectivity index (χ0n) is 10.3. The second-order valence-corrected chi connectivity index (χ2v) is 4.73. The Kier molecular flexibility index (Phi) is 3.26. The van der Waals surface area contributed by atoms with Crippen LogP contribution in [-0.4, -0.2) is 40.9 Å². The van der Waals surface area contributed by atoms with Gasteiger partial charge in [-0.2, -0.15) is 0 Å². The molecule has 1 atom stereocenters. The lowest BCUT2D eigenvalue weighted by Crippen LogP contribution is -2.31. The van der Waals surface area contributed by atoms with E-state index in [4.69, 9.17) is 5.11 Å². The first-order chi connectivity index (χ1) is 8.81. The number of rotatable bonds is 2. The first-order valence-electron chi connectivity index (χ1n) is 5.82. The number of aromatic carboxylic acids is 1. The Labute approximate surface area is 108 Å². The number of hydrogen-bond donors (Lipinski definition) is 1. The van der Waals surface area contributed by atoms with Gasteiger partial charge in [0.1, 0.15) is 0 Å². The summed E-state index contributed by atoms with van der Waals surface area (Å²) in [5.74, 6) is -5.33. The maximum absolute atomic E-state index is 13.4. The minimum absolute atomic E-state index is 0.00646. The summed E-state index contributed by atoms with van der Waals surface area (Å²) in [7, 11) is 0. The van der Waals surface area contributed by atoms with E-state index >= 15 is 0 Å².